The number of aromatic nitrogens is 2. The van der Waals surface area contributed by atoms with E-state index in [1.165, 1.54) is 24.4 Å². The molecule has 0 saturated carbocycles. The molecular formula is C12H7F3N4. The molecule has 0 amide bonds. The molecule has 0 fully saturated rings. The van der Waals surface area contributed by atoms with Crippen LogP contribution in [0.4, 0.5) is 24.7 Å². The Morgan fingerprint density at radius 3 is 2.63 bits per heavy atom. The fourth-order valence-electron chi connectivity index (χ4n) is 1.48. The van der Waals surface area contributed by atoms with Gasteiger partial charge in [0.1, 0.15) is 18.0 Å². The summed E-state index contributed by atoms with van der Waals surface area (Å²) in [6.45, 7) is 0. The maximum Gasteiger partial charge on any atom is 0.418 e. The second-order valence-electron chi connectivity index (χ2n) is 3.57. The molecule has 1 N–H and O–H groups in total. The first-order valence-corrected chi connectivity index (χ1v) is 5.15. The van der Waals surface area contributed by atoms with Gasteiger partial charge in [-0.2, -0.15) is 18.4 Å². The molecule has 0 bridgehead atoms. The Morgan fingerprint density at radius 1 is 1.21 bits per heavy atom. The van der Waals surface area contributed by atoms with E-state index in [2.05, 4.69) is 15.3 Å². The molecule has 1 heterocycles. The van der Waals surface area contributed by atoms with E-state index in [0.717, 1.165) is 12.4 Å². The zero-order chi connectivity index (χ0) is 13.9. The van der Waals surface area contributed by atoms with Crippen molar-refractivity contribution in [3.05, 3.63) is 47.9 Å². The third-order valence-corrected chi connectivity index (χ3v) is 2.32. The van der Waals surface area contributed by atoms with E-state index < -0.39 is 11.7 Å². The van der Waals surface area contributed by atoms with Gasteiger partial charge in [0.2, 0.25) is 0 Å². The SMILES string of the molecule is N#Cc1cncnc1Nc1ccccc1C(F)(F)F. The van der Waals surface area contributed by atoms with Crippen LogP contribution in [-0.2, 0) is 6.18 Å². The Kier molecular flexibility index (Phi) is 3.33. The molecule has 0 spiro atoms. The molecule has 0 aliphatic rings. The van der Waals surface area contributed by atoms with Crippen LogP contribution >= 0.6 is 0 Å². The van der Waals surface area contributed by atoms with Crippen LogP contribution in [0.15, 0.2) is 36.8 Å². The molecule has 19 heavy (non-hydrogen) atoms. The van der Waals surface area contributed by atoms with Gasteiger partial charge in [-0.15, -0.1) is 0 Å². The number of nitriles is 1. The van der Waals surface area contributed by atoms with Gasteiger partial charge in [-0.3, -0.25) is 0 Å². The standard InChI is InChI=1S/C12H7F3N4/c13-12(14,15)9-3-1-2-4-10(9)19-11-8(5-16)6-17-7-18-11/h1-4,6-7H,(H,17,18,19). The minimum absolute atomic E-state index is 0.0363. The fraction of sp³-hybridized carbons (Fsp3) is 0.0833. The van der Waals surface area contributed by atoms with Gasteiger partial charge in [0.25, 0.3) is 0 Å². The largest absolute Gasteiger partial charge is 0.418 e. The van der Waals surface area contributed by atoms with Gasteiger partial charge in [0.05, 0.1) is 17.4 Å². The van der Waals surface area contributed by atoms with Crippen molar-refractivity contribution in [1.29, 1.82) is 5.26 Å². The van der Waals surface area contributed by atoms with E-state index >= 15 is 0 Å². The number of anilines is 2. The van der Waals surface area contributed by atoms with Gasteiger partial charge in [0, 0.05) is 0 Å². The van der Waals surface area contributed by atoms with Crippen LogP contribution in [0, 0.1) is 11.3 Å². The van der Waals surface area contributed by atoms with E-state index in [1.54, 1.807) is 6.07 Å². The number of rotatable bonds is 2. The number of halogens is 3. The zero-order valence-corrected chi connectivity index (χ0v) is 9.44. The summed E-state index contributed by atoms with van der Waals surface area (Å²) in [7, 11) is 0. The molecule has 1 aromatic heterocycles. The van der Waals surface area contributed by atoms with Crippen molar-refractivity contribution in [2.24, 2.45) is 0 Å². The highest BCUT2D eigenvalue weighted by Gasteiger charge is 2.33. The van der Waals surface area contributed by atoms with Crippen LogP contribution in [0.25, 0.3) is 0 Å². The second kappa shape index (κ2) is 4.94. The Balaban J connectivity index is 2.43. The van der Waals surface area contributed by atoms with Crippen molar-refractivity contribution in [1.82, 2.24) is 9.97 Å². The average molecular weight is 264 g/mol. The maximum atomic E-state index is 12.8. The van der Waals surface area contributed by atoms with E-state index in [9.17, 15) is 13.2 Å². The Labute approximate surface area is 106 Å². The van der Waals surface area contributed by atoms with Crippen LogP contribution in [0.5, 0.6) is 0 Å². The van der Waals surface area contributed by atoms with Crippen molar-refractivity contribution < 1.29 is 13.2 Å². The van der Waals surface area contributed by atoms with E-state index in [1.807, 2.05) is 0 Å². The van der Waals surface area contributed by atoms with Gasteiger partial charge in [-0.05, 0) is 12.1 Å². The van der Waals surface area contributed by atoms with Crippen molar-refractivity contribution in [3.63, 3.8) is 0 Å². The molecule has 7 heteroatoms. The molecule has 1 aromatic carbocycles. The second-order valence-corrected chi connectivity index (χ2v) is 3.57. The molecule has 96 valence electrons. The van der Waals surface area contributed by atoms with E-state index in [4.69, 9.17) is 5.26 Å². The summed E-state index contributed by atoms with van der Waals surface area (Å²) in [6, 6.07) is 6.78. The Morgan fingerprint density at radius 2 is 1.95 bits per heavy atom. The number of nitrogens with one attached hydrogen (secondary N) is 1. The predicted molar refractivity (Wildman–Crippen MR) is 61.5 cm³/mol. The number of hydrogen-bond acceptors (Lipinski definition) is 4. The molecule has 0 radical (unpaired) electrons. The molecule has 0 aliphatic heterocycles. The summed E-state index contributed by atoms with van der Waals surface area (Å²) in [5.74, 6) is 0.0363. The van der Waals surface area contributed by atoms with Gasteiger partial charge >= 0.3 is 6.18 Å². The lowest BCUT2D eigenvalue weighted by molar-refractivity contribution is -0.136. The van der Waals surface area contributed by atoms with Gasteiger partial charge in [0.15, 0.2) is 5.82 Å². The topological polar surface area (TPSA) is 61.6 Å². The van der Waals surface area contributed by atoms with Crippen LogP contribution < -0.4 is 5.32 Å². The Bertz CT molecular complexity index is 631. The zero-order valence-electron chi connectivity index (χ0n) is 9.44. The summed E-state index contributed by atoms with van der Waals surface area (Å²) in [4.78, 5) is 7.39. The van der Waals surface area contributed by atoms with Crippen molar-refractivity contribution in [3.8, 4) is 6.07 Å². The average Bonchev–Trinajstić information content (AvgIpc) is 2.39. The lowest BCUT2D eigenvalue weighted by Gasteiger charge is -2.14. The minimum atomic E-state index is -4.48. The Hall–Kier alpha value is -2.62. The summed E-state index contributed by atoms with van der Waals surface area (Å²) >= 11 is 0. The first-order valence-electron chi connectivity index (χ1n) is 5.15. The molecular weight excluding hydrogens is 257 g/mol. The molecule has 2 rings (SSSR count). The lowest BCUT2D eigenvalue weighted by atomic mass is 10.1. The van der Waals surface area contributed by atoms with Crippen LogP contribution in [-0.4, -0.2) is 9.97 Å². The van der Waals surface area contributed by atoms with Gasteiger partial charge < -0.3 is 5.32 Å². The number of alkyl halides is 3. The van der Waals surface area contributed by atoms with Gasteiger partial charge in [-0.1, -0.05) is 12.1 Å². The number of benzene rings is 1. The first kappa shape index (κ1) is 12.8. The first-order chi connectivity index (χ1) is 9.02. The predicted octanol–water partition coefficient (Wildman–Crippen LogP) is 3.11. The number of para-hydroxylation sites is 1. The summed E-state index contributed by atoms with van der Waals surface area (Å²) < 4.78 is 38.4. The quantitative estimate of drug-likeness (QED) is 0.905. The highest BCUT2D eigenvalue weighted by Crippen LogP contribution is 2.35. The van der Waals surface area contributed by atoms with Crippen molar-refractivity contribution >= 4 is 11.5 Å². The summed E-state index contributed by atoms with van der Waals surface area (Å²) in [5.41, 5.74) is -0.915. The third-order valence-electron chi connectivity index (χ3n) is 2.32. The van der Waals surface area contributed by atoms with Gasteiger partial charge in [-0.25, -0.2) is 9.97 Å². The molecule has 0 aliphatic carbocycles. The molecule has 2 aromatic rings. The number of hydrogen-bond donors (Lipinski definition) is 1. The molecule has 0 saturated heterocycles. The van der Waals surface area contributed by atoms with Crippen LogP contribution in [0.2, 0.25) is 0 Å². The monoisotopic (exact) mass is 264 g/mol. The third kappa shape index (κ3) is 2.80. The summed E-state index contributed by atoms with van der Waals surface area (Å²) in [5, 5.41) is 11.3. The highest BCUT2D eigenvalue weighted by molar-refractivity contribution is 5.65. The van der Waals surface area contributed by atoms with E-state index in [-0.39, 0.29) is 17.1 Å². The fourth-order valence-corrected chi connectivity index (χ4v) is 1.48. The lowest BCUT2D eigenvalue weighted by Crippen LogP contribution is -2.09. The van der Waals surface area contributed by atoms with Crippen molar-refractivity contribution in [2.75, 3.05) is 5.32 Å². The minimum Gasteiger partial charge on any atom is -0.339 e. The number of nitrogens with zero attached hydrogens (tertiary/aromatic N) is 3. The van der Waals surface area contributed by atoms with E-state index in [0.29, 0.717) is 0 Å². The molecule has 0 atom stereocenters. The normalized spacial score (nSPS) is 10.8. The van der Waals surface area contributed by atoms with Crippen molar-refractivity contribution in [2.45, 2.75) is 6.18 Å². The van der Waals surface area contributed by atoms with Crippen LogP contribution in [0.1, 0.15) is 11.1 Å². The smallest absolute Gasteiger partial charge is 0.339 e. The highest BCUT2D eigenvalue weighted by atomic mass is 19.4. The molecule has 4 nitrogen and oxygen atoms in total. The van der Waals surface area contributed by atoms with Crippen LogP contribution in [0.3, 0.4) is 0 Å². The maximum absolute atomic E-state index is 12.8. The molecule has 0 unspecified atom stereocenters. The summed E-state index contributed by atoms with van der Waals surface area (Å²) in [6.07, 6.45) is -2.10.